The van der Waals surface area contributed by atoms with Gasteiger partial charge in [0, 0.05) is 6.54 Å². The Hall–Kier alpha value is -2.92. The van der Waals surface area contributed by atoms with Gasteiger partial charge in [-0.2, -0.15) is 5.10 Å². The number of carbonyl (C=O) groups is 1. The lowest BCUT2D eigenvalue weighted by molar-refractivity contribution is -0.0231. The van der Waals surface area contributed by atoms with Gasteiger partial charge in [0.25, 0.3) is 5.91 Å². The van der Waals surface area contributed by atoms with Crippen LogP contribution in [0.2, 0.25) is 0 Å². The number of morpholine rings is 1. The van der Waals surface area contributed by atoms with Crippen molar-refractivity contribution < 1.29 is 9.53 Å². The Bertz CT molecular complexity index is 935. The van der Waals surface area contributed by atoms with Crippen LogP contribution in [0.3, 0.4) is 0 Å². The molecule has 1 aliphatic rings. The van der Waals surface area contributed by atoms with Crippen LogP contribution < -0.4 is 0 Å². The Morgan fingerprint density at radius 1 is 1.07 bits per heavy atom. The van der Waals surface area contributed by atoms with Crippen LogP contribution in [0.5, 0.6) is 0 Å². The summed E-state index contributed by atoms with van der Waals surface area (Å²) in [6.45, 7) is 5.83. The van der Waals surface area contributed by atoms with E-state index in [4.69, 9.17) is 9.84 Å². The van der Waals surface area contributed by atoms with Gasteiger partial charge >= 0.3 is 0 Å². The molecule has 5 heteroatoms. The van der Waals surface area contributed by atoms with Crippen LogP contribution in [0, 0.1) is 0 Å². The standard InChI is InChI=1S/C23H25N3O2/c1-17(2)20-15-21(26(24-20)19-11-7-4-8-12-19)23(27)25-13-14-28-22(16-25)18-9-5-3-6-10-18/h3-12,15,17,22H,13-14,16H2,1-2H3/t22-/m0/s1. The highest BCUT2D eigenvalue weighted by Crippen LogP contribution is 2.25. The first kappa shape index (κ1) is 18.4. The Labute approximate surface area is 165 Å². The van der Waals surface area contributed by atoms with E-state index in [2.05, 4.69) is 13.8 Å². The first-order chi connectivity index (χ1) is 13.6. The van der Waals surface area contributed by atoms with Crippen molar-refractivity contribution >= 4 is 5.91 Å². The van der Waals surface area contributed by atoms with Crippen molar-refractivity contribution in [3.8, 4) is 5.69 Å². The van der Waals surface area contributed by atoms with Crippen LogP contribution in [0.4, 0.5) is 0 Å². The lowest BCUT2D eigenvalue weighted by Crippen LogP contribution is -2.42. The molecule has 0 aliphatic carbocycles. The van der Waals surface area contributed by atoms with Crippen LogP contribution in [0.25, 0.3) is 5.69 Å². The first-order valence-electron chi connectivity index (χ1n) is 9.74. The Morgan fingerprint density at radius 2 is 1.75 bits per heavy atom. The lowest BCUT2D eigenvalue weighted by Gasteiger charge is -2.33. The molecule has 3 aromatic rings. The fraction of sp³-hybridized carbons (Fsp3) is 0.304. The van der Waals surface area contributed by atoms with Crippen molar-refractivity contribution in [1.29, 1.82) is 0 Å². The van der Waals surface area contributed by atoms with Gasteiger partial charge in [0.2, 0.25) is 0 Å². The van der Waals surface area contributed by atoms with Crippen molar-refractivity contribution in [2.75, 3.05) is 19.7 Å². The number of nitrogens with zero attached hydrogens (tertiary/aromatic N) is 3. The predicted molar refractivity (Wildman–Crippen MR) is 109 cm³/mol. The Kier molecular flexibility index (Phi) is 5.26. The Balaban J connectivity index is 1.64. The summed E-state index contributed by atoms with van der Waals surface area (Å²) in [5.74, 6) is 0.241. The minimum Gasteiger partial charge on any atom is -0.370 e. The molecule has 1 fully saturated rings. The average molecular weight is 375 g/mol. The molecular weight excluding hydrogens is 350 g/mol. The minimum atomic E-state index is -0.100. The third-order valence-corrected chi connectivity index (χ3v) is 5.06. The molecule has 2 heterocycles. The summed E-state index contributed by atoms with van der Waals surface area (Å²) in [5.41, 5.74) is 3.51. The number of rotatable bonds is 4. The Morgan fingerprint density at radius 3 is 2.43 bits per heavy atom. The number of amides is 1. The van der Waals surface area contributed by atoms with Crippen molar-refractivity contribution in [1.82, 2.24) is 14.7 Å². The summed E-state index contributed by atoms with van der Waals surface area (Å²) < 4.78 is 7.69. The molecule has 28 heavy (non-hydrogen) atoms. The van der Waals surface area contributed by atoms with E-state index in [1.807, 2.05) is 71.6 Å². The third-order valence-electron chi connectivity index (χ3n) is 5.06. The summed E-state index contributed by atoms with van der Waals surface area (Å²) >= 11 is 0. The van der Waals surface area contributed by atoms with Gasteiger partial charge in [-0.15, -0.1) is 0 Å². The normalized spacial score (nSPS) is 17.1. The number of para-hydroxylation sites is 1. The zero-order valence-corrected chi connectivity index (χ0v) is 16.3. The maximum atomic E-state index is 13.4. The largest absolute Gasteiger partial charge is 0.370 e. The fourth-order valence-corrected chi connectivity index (χ4v) is 3.47. The van der Waals surface area contributed by atoms with Crippen LogP contribution in [0.15, 0.2) is 66.7 Å². The molecule has 0 radical (unpaired) electrons. The molecule has 0 bridgehead atoms. The smallest absolute Gasteiger partial charge is 0.272 e. The summed E-state index contributed by atoms with van der Waals surface area (Å²) in [4.78, 5) is 15.3. The topological polar surface area (TPSA) is 47.4 Å². The number of hydrogen-bond donors (Lipinski definition) is 0. The minimum absolute atomic E-state index is 0.00696. The highest BCUT2D eigenvalue weighted by Gasteiger charge is 2.29. The summed E-state index contributed by atoms with van der Waals surface area (Å²) in [5, 5.41) is 4.71. The van der Waals surface area contributed by atoms with E-state index in [1.54, 1.807) is 4.68 Å². The first-order valence-corrected chi connectivity index (χ1v) is 9.74. The molecular formula is C23H25N3O2. The molecule has 1 aliphatic heterocycles. The van der Waals surface area contributed by atoms with E-state index >= 15 is 0 Å². The van der Waals surface area contributed by atoms with E-state index in [0.29, 0.717) is 25.4 Å². The predicted octanol–water partition coefficient (Wildman–Crippen LogP) is 4.21. The van der Waals surface area contributed by atoms with Gasteiger partial charge < -0.3 is 9.64 Å². The second kappa shape index (κ2) is 7.98. The molecule has 0 spiro atoms. The number of carbonyl (C=O) groups excluding carboxylic acids is 1. The number of hydrogen-bond acceptors (Lipinski definition) is 3. The quantitative estimate of drug-likeness (QED) is 0.686. The van der Waals surface area contributed by atoms with Gasteiger partial charge in [-0.1, -0.05) is 62.4 Å². The van der Waals surface area contributed by atoms with Crippen LogP contribution >= 0.6 is 0 Å². The second-order valence-corrected chi connectivity index (χ2v) is 7.38. The number of ether oxygens (including phenoxy) is 1. The fourth-order valence-electron chi connectivity index (χ4n) is 3.47. The van der Waals surface area contributed by atoms with Crippen LogP contribution in [-0.2, 0) is 4.74 Å². The zero-order chi connectivity index (χ0) is 19.5. The van der Waals surface area contributed by atoms with Gasteiger partial charge in [0.1, 0.15) is 11.8 Å². The molecule has 0 unspecified atom stereocenters. The van der Waals surface area contributed by atoms with Gasteiger partial charge in [-0.25, -0.2) is 4.68 Å². The lowest BCUT2D eigenvalue weighted by atomic mass is 10.1. The van der Waals surface area contributed by atoms with Gasteiger partial charge in [-0.05, 0) is 29.7 Å². The molecule has 0 saturated carbocycles. The van der Waals surface area contributed by atoms with E-state index < -0.39 is 0 Å². The molecule has 1 aromatic heterocycles. The molecule has 1 amide bonds. The molecule has 0 N–H and O–H groups in total. The van der Waals surface area contributed by atoms with Crippen LogP contribution in [-0.4, -0.2) is 40.3 Å². The highest BCUT2D eigenvalue weighted by atomic mass is 16.5. The molecule has 144 valence electrons. The highest BCUT2D eigenvalue weighted by molar-refractivity contribution is 5.93. The van der Waals surface area contributed by atoms with Crippen molar-refractivity contribution in [2.45, 2.75) is 25.9 Å². The van der Waals surface area contributed by atoms with Gasteiger partial charge in [0.15, 0.2) is 0 Å². The molecule has 1 saturated heterocycles. The van der Waals surface area contributed by atoms with Crippen molar-refractivity contribution in [2.24, 2.45) is 0 Å². The summed E-state index contributed by atoms with van der Waals surface area (Å²) in [6, 6.07) is 21.8. The third kappa shape index (κ3) is 3.71. The second-order valence-electron chi connectivity index (χ2n) is 7.38. The molecule has 2 aromatic carbocycles. The summed E-state index contributed by atoms with van der Waals surface area (Å²) in [7, 11) is 0. The summed E-state index contributed by atoms with van der Waals surface area (Å²) in [6.07, 6.45) is -0.100. The monoisotopic (exact) mass is 375 g/mol. The van der Waals surface area contributed by atoms with Gasteiger partial charge in [0.05, 0.1) is 24.5 Å². The van der Waals surface area contributed by atoms with E-state index in [-0.39, 0.29) is 17.9 Å². The molecule has 1 atom stereocenters. The maximum Gasteiger partial charge on any atom is 0.272 e. The SMILES string of the molecule is CC(C)c1cc(C(=O)N2CCO[C@H](c3ccccc3)C2)n(-c2ccccc2)n1. The van der Waals surface area contributed by atoms with Crippen LogP contribution in [0.1, 0.15) is 47.6 Å². The number of aromatic nitrogens is 2. The molecule has 5 nitrogen and oxygen atoms in total. The van der Waals surface area contributed by atoms with Crippen molar-refractivity contribution in [3.05, 3.63) is 83.7 Å². The maximum absolute atomic E-state index is 13.4. The van der Waals surface area contributed by atoms with E-state index in [1.165, 1.54) is 0 Å². The van der Waals surface area contributed by atoms with E-state index in [9.17, 15) is 4.79 Å². The van der Waals surface area contributed by atoms with Gasteiger partial charge in [-0.3, -0.25) is 4.79 Å². The van der Waals surface area contributed by atoms with Crippen molar-refractivity contribution in [3.63, 3.8) is 0 Å². The molecule has 4 rings (SSSR count). The zero-order valence-electron chi connectivity index (χ0n) is 16.3. The number of benzene rings is 2. The van der Waals surface area contributed by atoms with E-state index in [0.717, 1.165) is 16.9 Å². The average Bonchev–Trinajstić information content (AvgIpc) is 3.20.